The number of alkyl halides is 1. The van der Waals surface area contributed by atoms with Gasteiger partial charge in [0.15, 0.2) is 23.7 Å². The molecular weight excluding hydrogens is 1010 g/mol. The summed E-state index contributed by atoms with van der Waals surface area (Å²) in [5.41, 5.74) is 3.83. The van der Waals surface area contributed by atoms with Crippen LogP contribution in [-0.4, -0.2) is 136 Å². The number of nitrogens with zero attached hydrogens (tertiary/aromatic N) is 4. The molecule has 7 amide bonds. The monoisotopic (exact) mass is 1080 g/mol. The van der Waals surface area contributed by atoms with Crippen LogP contribution in [0.1, 0.15) is 119 Å². The number of benzene rings is 3. The number of aryl methyl sites for hydroxylation is 2. The highest BCUT2D eigenvalue weighted by Crippen LogP contribution is 2.41. The van der Waals surface area contributed by atoms with Gasteiger partial charge in [0.2, 0.25) is 11.8 Å². The molecule has 0 spiro atoms. The number of ether oxygens (including phenoxy) is 1. The van der Waals surface area contributed by atoms with Gasteiger partial charge in [0.1, 0.15) is 23.6 Å². The SMILES string of the molecule is Cc1ncsc1-c1ccc(CNC(=O)[C@@H]2C[C@@H](O)CN2C(=O)[C@@H](NC(=O)C2(F)CC2)C(C)(C)C)c(OCC(=O)NCCCCNC(=O)c2ccc3c(c2)[C@H](NC(=O)c2cc(-c4ccc(C(=O)N(C)C)c(O)c4)on2)CC3)c1. The number of hydrogen-bond acceptors (Lipinski definition) is 14. The first-order chi connectivity index (χ1) is 36.6. The predicted molar refractivity (Wildman–Crippen MR) is 281 cm³/mol. The van der Waals surface area contributed by atoms with Crippen molar-refractivity contribution in [2.45, 2.75) is 109 Å². The summed E-state index contributed by atoms with van der Waals surface area (Å²) in [4.78, 5) is 100. The van der Waals surface area contributed by atoms with Crippen molar-refractivity contribution in [1.29, 1.82) is 0 Å². The molecule has 3 heterocycles. The molecule has 408 valence electrons. The number of halogens is 1. The molecule has 3 aliphatic rings. The maximum Gasteiger partial charge on any atom is 0.273 e. The van der Waals surface area contributed by atoms with Crippen molar-refractivity contribution in [3.8, 4) is 33.3 Å². The second-order valence-corrected chi connectivity index (χ2v) is 21.9. The third-order valence-electron chi connectivity index (χ3n) is 13.9. The highest BCUT2D eigenvalue weighted by molar-refractivity contribution is 7.13. The summed E-state index contributed by atoms with van der Waals surface area (Å²) < 4.78 is 26.1. The molecule has 7 N–H and O–H groups in total. The Kier molecular flexibility index (Phi) is 16.8. The Bertz CT molecular complexity index is 3070. The predicted octanol–water partition coefficient (Wildman–Crippen LogP) is 4.91. The number of carbonyl (C=O) groups excluding carboxylic acids is 7. The van der Waals surface area contributed by atoms with Gasteiger partial charge in [0, 0.05) is 69.5 Å². The molecule has 2 fully saturated rings. The first-order valence-corrected chi connectivity index (χ1v) is 26.4. The number of carbonyl (C=O) groups is 7. The second kappa shape index (κ2) is 23.3. The van der Waals surface area contributed by atoms with E-state index >= 15 is 0 Å². The van der Waals surface area contributed by atoms with Crippen molar-refractivity contribution >= 4 is 52.7 Å². The Morgan fingerprint density at radius 3 is 2.38 bits per heavy atom. The number of aromatic hydroxyl groups is 1. The topological polar surface area (TPSA) is 275 Å². The number of aromatic nitrogens is 2. The van der Waals surface area contributed by atoms with Crippen LogP contribution in [0.25, 0.3) is 21.8 Å². The average Bonchev–Trinajstić information content (AvgIpc) is 3.88. The van der Waals surface area contributed by atoms with E-state index in [0.717, 1.165) is 27.3 Å². The van der Waals surface area contributed by atoms with Crippen molar-refractivity contribution in [1.82, 2.24) is 46.5 Å². The van der Waals surface area contributed by atoms with Crippen LogP contribution in [0.4, 0.5) is 4.39 Å². The molecule has 4 atom stereocenters. The number of amides is 7. The minimum absolute atomic E-state index is 0.0240. The first-order valence-electron chi connectivity index (χ1n) is 25.5. The lowest BCUT2D eigenvalue weighted by molar-refractivity contribution is -0.145. The van der Waals surface area contributed by atoms with Gasteiger partial charge in [-0.3, -0.25) is 33.6 Å². The highest BCUT2D eigenvalue weighted by atomic mass is 32.1. The van der Waals surface area contributed by atoms with Crippen molar-refractivity contribution in [3.05, 3.63) is 105 Å². The number of phenolic OH excluding ortho intramolecular Hbond substituents is 1. The third kappa shape index (κ3) is 13.1. The molecule has 0 bridgehead atoms. The molecular formula is C55H64FN9O11S. The summed E-state index contributed by atoms with van der Waals surface area (Å²) in [5.74, 6) is -3.23. The minimum atomic E-state index is -2.01. The standard InChI is InChI=1S/C55H64FN9O11S/c1-30-46(77-29-60-30)33-10-12-35(26-59-50(71)41-24-36(66)27-65(41)52(73)47(54(2,3)4)62-53(74)55(56)17-18-55)43(23-33)75-28-45(68)57-19-7-8-20-58-48(69)34-11-9-31-14-16-39(38(31)21-34)61-49(70)40-25-44(76-63-40)32-13-15-37(42(67)22-32)51(72)64(5)6/h9-13,15,21-23,25,29,36,39,41,47,66-67H,7-8,14,16-20,24,26-28H2,1-6H3,(H,57,68)(H,58,69)(H,59,71)(H,61,70)(H,62,74)/t36-,39-,41+,47-/m1/s1. The Hall–Kier alpha value is -7.72. The van der Waals surface area contributed by atoms with Crippen molar-refractivity contribution in [2.75, 3.05) is 40.3 Å². The zero-order valence-corrected chi connectivity index (χ0v) is 44.6. The van der Waals surface area contributed by atoms with Crippen molar-refractivity contribution in [2.24, 2.45) is 5.41 Å². The van der Waals surface area contributed by atoms with Crippen LogP contribution >= 0.6 is 11.3 Å². The van der Waals surface area contributed by atoms with Gasteiger partial charge in [-0.05, 0) is 97.9 Å². The third-order valence-corrected chi connectivity index (χ3v) is 14.9. The number of nitrogens with one attached hydrogen (secondary N) is 5. The number of aliphatic hydroxyl groups excluding tert-OH is 1. The number of unbranched alkanes of at least 4 members (excludes halogenated alkanes) is 1. The van der Waals surface area contributed by atoms with E-state index in [9.17, 15) is 48.2 Å². The fraction of sp³-hybridized carbons (Fsp3) is 0.436. The number of aliphatic hydroxyl groups is 1. The molecule has 0 radical (unpaired) electrons. The van der Waals surface area contributed by atoms with Gasteiger partial charge in [-0.2, -0.15) is 0 Å². The number of thiazole rings is 1. The maximum atomic E-state index is 14.7. The van der Waals surface area contributed by atoms with Crippen LogP contribution in [0, 0.1) is 12.3 Å². The van der Waals surface area contributed by atoms with E-state index < -0.39 is 58.8 Å². The summed E-state index contributed by atoms with van der Waals surface area (Å²) in [5, 5.41) is 39.2. The summed E-state index contributed by atoms with van der Waals surface area (Å²) in [6.07, 6.45) is 1.51. The lowest BCUT2D eigenvalue weighted by atomic mass is 9.85. The van der Waals surface area contributed by atoms with Crippen molar-refractivity contribution < 1.29 is 57.4 Å². The number of β-amino-alcohol motifs (C(OH)–C–C–N with tert-alkyl or cyclic N) is 1. The molecule has 0 unspecified atom stereocenters. The molecule has 1 saturated heterocycles. The fourth-order valence-electron chi connectivity index (χ4n) is 9.30. The van der Waals surface area contributed by atoms with Gasteiger partial charge in [0.05, 0.1) is 33.8 Å². The van der Waals surface area contributed by atoms with Gasteiger partial charge in [-0.15, -0.1) is 11.3 Å². The Balaban J connectivity index is 0.800. The number of rotatable bonds is 20. The van der Waals surface area contributed by atoms with Crippen LogP contribution in [0.15, 0.2) is 70.7 Å². The molecule has 2 aliphatic carbocycles. The smallest absolute Gasteiger partial charge is 0.273 e. The average molecular weight is 1080 g/mol. The normalized spacial score (nSPS) is 17.7. The second-order valence-electron chi connectivity index (χ2n) is 21.0. The van der Waals surface area contributed by atoms with E-state index in [1.54, 1.807) is 70.7 Å². The van der Waals surface area contributed by atoms with E-state index in [-0.39, 0.29) is 79.6 Å². The molecule has 77 heavy (non-hydrogen) atoms. The molecule has 8 rings (SSSR count). The Morgan fingerprint density at radius 1 is 0.948 bits per heavy atom. The molecule has 1 aliphatic heterocycles. The number of fused-ring (bicyclic) bond motifs is 1. The Morgan fingerprint density at radius 2 is 1.69 bits per heavy atom. The largest absolute Gasteiger partial charge is 0.507 e. The maximum absolute atomic E-state index is 14.7. The summed E-state index contributed by atoms with van der Waals surface area (Å²) >= 11 is 1.44. The van der Waals surface area contributed by atoms with Gasteiger partial charge in [-0.1, -0.05) is 50.2 Å². The van der Waals surface area contributed by atoms with E-state index in [2.05, 4.69) is 36.7 Å². The van der Waals surface area contributed by atoms with E-state index in [0.29, 0.717) is 61.2 Å². The number of phenols is 1. The number of hydrogen-bond donors (Lipinski definition) is 7. The van der Waals surface area contributed by atoms with E-state index in [1.165, 1.54) is 39.3 Å². The molecule has 20 nitrogen and oxygen atoms in total. The highest BCUT2D eigenvalue weighted by Gasteiger charge is 2.53. The quantitative estimate of drug-likeness (QED) is 0.0511. The van der Waals surface area contributed by atoms with E-state index in [1.807, 2.05) is 19.1 Å². The van der Waals surface area contributed by atoms with Crippen LogP contribution in [-0.2, 0) is 32.1 Å². The molecule has 5 aromatic rings. The van der Waals surface area contributed by atoms with Crippen LogP contribution in [0.2, 0.25) is 0 Å². The lowest BCUT2D eigenvalue weighted by Crippen LogP contribution is -2.59. The van der Waals surface area contributed by atoms with Gasteiger partial charge >= 0.3 is 0 Å². The van der Waals surface area contributed by atoms with Gasteiger partial charge in [-0.25, -0.2) is 9.37 Å². The molecule has 3 aromatic carbocycles. The molecule has 22 heteroatoms. The minimum Gasteiger partial charge on any atom is -0.507 e. The zero-order valence-electron chi connectivity index (χ0n) is 43.8. The molecule has 2 aromatic heterocycles. The summed E-state index contributed by atoms with van der Waals surface area (Å²) in [6, 6.07) is 14.1. The van der Waals surface area contributed by atoms with Crippen LogP contribution < -0.4 is 31.3 Å². The van der Waals surface area contributed by atoms with Crippen molar-refractivity contribution in [3.63, 3.8) is 0 Å². The first kappa shape index (κ1) is 55.5. The van der Waals surface area contributed by atoms with Crippen LogP contribution in [0.3, 0.4) is 0 Å². The lowest BCUT2D eigenvalue weighted by Gasteiger charge is -2.35. The summed E-state index contributed by atoms with van der Waals surface area (Å²) in [6.45, 7) is 7.15. The fourth-order valence-corrected chi connectivity index (χ4v) is 10.1. The van der Waals surface area contributed by atoms with E-state index in [4.69, 9.17) is 9.26 Å². The van der Waals surface area contributed by atoms with Gasteiger partial charge in [0.25, 0.3) is 29.5 Å². The number of likely N-dealkylation sites (tertiary alicyclic amines) is 1. The Labute approximate surface area is 448 Å². The van der Waals surface area contributed by atoms with Crippen LogP contribution in [0.5, 0.6) is 11.5 Å². The molecule has 1 saturated carbocycles. The summed E-state index contributed by atoms with van der Waals surface area (Å²) in [7, 11) is 3.16. The zero-order chi connectivity index (χ0) is 55.3. The van der Waals surface area contributed by atoms with Gasteiger partial charge < -0.3 is 55.9 Å².